The van der Waals surface area contributed by atoms with Crippen molar-refractivity contribution in [2.24, 2.45) is 0 Å². The standard InChI is InChI=1S/C17H20FN4O6/c1-10(24)22(27)8-13-7-21(17(26)28-13)12-2-3-15(14(18)4-12)20-5-11(6-20)19-16(25)9-23/h2-4,11,13,23H,5-9H2,1H3,(H,19,25)/q-1/t13-/m0/s1. The number of cyclic esters (lactones) is 1. The van der Waals surface area contributed by atoms with Gasteiger partial charge in [-0.1, -0.05) is 0 Å². The number of benzene rings is 1. The van der Waals surface area contributed by atoms with Crippen molar-refractivity contribution in [1.29, 1.82) is 0 Å². The third-order valence-electron chi connectivity index (χ3n) is 4.57. The van der Waals surface area contributed by atoms with Gasteiger partial charge in [-0.05, 0) is 18.2 Å². The van der Waals surface area contributed by atoms with Gasteiger partial charge < -0.3 is 30.3 Å². The number of rotatable bonds is 6. The van der Waals surface area contributed by atoms with Gasteiger partial charge in [0.2, 0.25) is 11.8 Å². The Bertz CT molecular complexity index is 785. The average molecular weight is 395 g/mol. The number of carbonyl (C=O) groups is 3. The molecule has 0 unspecified atom stereocenters. The smallest absolute Gasteiger partial charge is 0.414 e. The molecule has 3 rings (SSSR count). The van der Waals surface area contributed by atoms with Crippen molar-refractivity contribution >= 4 is 29.3 Å². The summed E-state index contributed by atoms with van der Waals surface area (Å²) in [6, 6.07) is 4.11. The molecule has 0 aromatic heterocycles. The molecule has 10 nitrogen and oxygen atoms in total. The van der Waals surface area contributed by atoms with E-state index < -0.39 is 36.4 Å². The molecule has 152 valence electrons. The zero-order valence-electron chi connectivity index (χ0n) is 15.1. The first kappa shape index (κ1) is 19.8. The SMILES string of the molecule is CC(=O)N([O-])C[C@@H]1CN(c2ccc(N3CC(NC(=O)CO)C3)c(F)c2)C(=O)O1. The number of aliphatic hydroxyl groups is 1. The number of ether oxygens (including phenoxy) is 1. The highest BCUT2D eigenvalue weighted by Crippen LogP contribution is 2.30. The predicted molar refractivity (Wildman–Crippen MR) is 96.0 cm³/mol. The van der Waals surface area contributed by atoms with E-state index in [4.69, 9.17) is 9.84 Å². The number of carbonyl (C=O) groups excluding carboxylic acids is 3. The number of hydrogen-bond acceptors (Lipinski definition) is 7. The van der Waals surface area contributed by atoms with Gasteiger partial charge in [-0.25, -0.2) is 9.18 Å². The summed E-state index contributed by atoms with van der Waals surface area (Å²) in [4.78, 5) is 37.1. The lowest BCUT2D eigenvalue weighted by atomic mass is 10.1. The molecule has 0 bridgehead atoms. The Labute approximate surface area is 160 Å². The first-order valence-electron chi connectivity index (χ1n) is 8.66. The van der Waals surface area contributed by atoms with E-state index in [9.17, 15) is 24.0 Å². The third-order valence-corrected chi connectivity index (χ3v) is 4.57. The minimum atomic E-state index is -0.789. The van der Waals surface area contributed by atoms with E-state index >= 15 is 0 Å². The summed E-state index contributed by atoms with van der Waals surface area (Å²) in [7, 11) is 0. The molecule has 2 aliphatic heterocycles. The molecule has 1 atom stereocenters. The molecule has 11 heteroatoms. The fraction of sp³-hybridized carbons (Fsp3) is 0.471. The van der Waals surface area contributed by atoms with Crippen molar-refractivity contribution in [3.63, 3.8) is 0 Å². The number of anilines is 2. The minimum absolute atomic E-state index is 0.0304. The van der Waals surface area contributed by atoms with Gasteiger partial charge in [0.05, 0.1) is 24.0 Å². The Kier molecular flexibility index (Phi) is 5.66. The molecule has 0 radical (unpaired) electrons. The molecule has 0 saturated carbocycles. The third kappa shape index (κ3) is 4.15. The van der Waals surface area contributed by atoms with Crippen LogP contribution in [0.25, 0.3) is 0 Å². The van der Waals surface area contributed by atoms with Crippen LogP contribution in [0.3, 0.4) is 0 Å². The van der Waals surface area contributed by atoms with Gasteiger partial charge in [0, 0.05) is 26.6 Å². The molecule has 28 heavy (non-hydrogen) atoms. The number of nitrogens with zero attached hydrogens (tertiary/aromatic N) is 3. The monoisotopic (exact) mass is 395 g/mol. The van der Waals surface area contributed by atoms with Crippen LogP contribution in [0.15, 0.2) is 18.2 Å². The first-order chi connectivity index (χ1) is 13.3. The van der Waals surface area contributed by atoms with E-state index in [1.54, 1.807) is 11.0 Å². The Hall–Kier alpha value is -2.92. The maximum absolute atomic E-state index is 14.5. The molecule has 2 aliphatic rings. The van der Waals surface area contributed by atoms with Crippen molar-refractivity contribution in [3.05, 3.63) is 29.2 Å². The summed E-state index contributed by atoms with van der Waals surface area (Å²) in [5, 5.41) is 23.0. The van der Waals surface area contributed by atoms with Gasteiger partial charge in [0.25, 0.3) is 0 Å². The van der Waals surface area contributed by atoms with Gasteiger partial charge in [-0.3, -0.25) is 14.5 Å². The minimum Gasteiger partial charge on any atom is -0.756 e. The molecule has 2 heterocycles. The molecule has 2 fully saturated rings. The fourth-order valence-corrected chi connectivity index (χ4v) is 3.10. The second kappa shape index (κ2) is 7.98. The Morgan fingerprint density at radius 1 is 1.39 bits per heavy atom. The summed E-state index contributed by atoms with van der Waals surface area (Å²) < 4.78 is 19.6. The number of nitrogens with one attached hydrogen (secondary N) is 1. The van der Waals surface area contributed by atoms with E-state index in [0.717, 1.165) is 6.92 Å². The van der Waals surface area contributed by atoms with Crippen LogP contribution in [0, 0.1) is 11.0 Å². The van der Waals surface area contributed by atoms with Crippen LogP contribution < -0.4 is 15.1 Å². The van der Waals surface area contributed by atoms with Gasteiger partial charge in [-0.2, -0.15) is 0 Å². The van der Waals surface area contributed by atoms with E-state index in [2.05, 4.69) is 5.32 Å². The molecule has 2 N–H and O–H groups in total. The quantitative estimate of drug-likeness (QED) is 0.639. The van der Waals surface area contributed by atoms with Crippen LogP contribution >= 0.6 is 0 Å². The van der Waals surface area contributed by atoms with E-state index in [0.29, 0.717) is 18.8 Å². The zero-order chi connectivity index (χ0) is 20.4. The van der Waals surface area contributed by atoms with Crippen LogP contribution in [-0.2, 0) is 14.3 Å². The second-order valence-corrected chi connectivity index (χ2v) is 6.66. The molecule has 0 aliphatic carbocycles. The predicted octanol–water partition coefficient (Wildman–Crippen LogP) is -0.206. The Morgan fingerprint density at radius 3 is 2.71 bits per heavy atom. The molecule has 0 spiro atoms. The van der Waals surface area contributed by atoms with Crippen LogP contribution in [0.1, 0.15) is 6.92 Å². The largest absolute Gasteiger partial charge is 0.756 e. The van der Waals surface area contributed by atoms with Crippen LogP contribution in [-0.4, -0.2) is 73.0 Å². The number of amides is 3. The van der Waals surface area contributed by atoms with Crippen molar-refractivity contribution in [1.82, 2.24) is 10.4 Å². The molecule has 2 saturated heterocycles. The van der Waals surface area contributed by atoms with Crippen molar-refractivity contribution < 1.29 is 28.6 Å². The van der Waals surface area contributed by atoms with E-state index in [1.165, 1.54) is 17.0 Å². The summed E-state index contributed by atoms with van der Waals surface area (Å²) in [5.41, 5.74) is 0.601. The topological polar surface area (TPSA) is 125 Å². The zero-order valence-corrected chi connectivity index (χ0v) is 15.1. The Morgan fingerprint density at radius 2 is 2.11 bits per heavy atom. The normalized spacial score (nSPS) is 19.3. The van der Waals surface area contributed by atoms with E-state index in [1.807, 2.05) is 0 Å². The summed E-state index contributed by atoms with van der Waals surface area (Å²) in [6.07, 6.45) is -1.51. The van der Waals surface area contributed by atoms with Crippen molar-refractivity contribution in [3.8, 4) is 0 Å². The van der Waals surface area contributed by atoms with Gasteiger partial charge >= 0.3 is 6.09 Å². The van der Waals surface area contributed by atoms with Crippen molar-refractivity contribution in [2.75, 3.05) is 42.6 Å². The van der Waals surface area contributed by atoms with Gasteiger partial charge in [0.1, 0.15) is 18.5 Å². The van der Waals surface area contributed by atoms with Crippen molar-refractivity contribution in [2.45, 2.75) is 19.1 Å². The molecule has 3 amide bonds. The number of aliphatic hydroxyl groups excluding tert-OH is 1. The number of hydrogen-bond donors (Lipinski definition) is 2. The first-order valence-corrected chi connectivity index (χ1v) is 8.66. The van der Waals surface area contributed by atoms with Gasteiger partial charge in [-0.15, -0.1) is 0 Å². The highest BCUT2D eigenvalue weighted by Gasteiger charge is 2.34. The van der Waals surface area contributed by atoms with Gasteiger partial charge in [0.15, 0.2) is 0 Å². The summed E-state index contributed by atoms with van der Waals surface area (Å²) in [6.45, 7) is 1.07. The maximum Gasteiger partial charge on any atom is 0.414 e. The maximum atomic E-state index is 14.5. The second-order valence-electron chi connectivity index (χ2n) is 6.66. The lowest BCUT2D eigenvalue weighted by Crippen LogP contribution is -2.60. The lowest BCUT2D eigenvalue weighted by Gasteiger charge is -2.41. The molecular weight excluding hydrogens is 375 g/mol. The van der Waals surface area contributed by atoms with Crippen LogP contribution in [0.5, 0.6) is 0 Å². The number of halogens is 1. The number of hydroxylamine groups is 2. The molecular formula is C17H20FN4O6-. The average Bonchev–Trinajstić information content (AvgIpc) is 2.98. The Balaban J connectivity index is 1.61. The fourth-order valence-electron chi connectivity index (χ4n) is 3.10. The molecule has 1 aromatic rings. The summed E-state index contributed by atoms with van der Waals surface area (Å²) >= 11 is 0. The van der Waals surface area contributed by atoms with E-state index in [-0.39, 0.29) is 29.9 Å². The van der Waals surface area contributed by atoms with Crippen LogP contribution in [0.2, 0.25) is 0 Å². The molecule has 1 aromatic carbocycles. The highest BCUT2D eigenvalue weighted by molar-refractivity contribution is 5.90. The van der Waals surface area contributed by atoms with Crippen LogP contribution in [0.4, 0.5) is 20.6 Å². The lowest BCUT2D eigenvalue weighted by molar-refractivity contribution is -0.127. The summed E-state index contributed by atoms with van der Waals surface area (Å²) in [5.74, 6) is -1.72. The highest BCUT2D eigenvalue weighted by atomic mass is 19.1.